The van der Waals surface area contributed by atoms with Crippen LogP contribution >= 0.6 is 11.6 Å². The highest BCUT2D eigenvalue weighted by molar-refractivity contribution is 7.89. The molecule has 0 bridgehead atoms. The molecule has 2 rings (SSSR count). The van der Waals surface area contributed by atoms with Gasteiger partial charge in [0.2, 0.25) is 15.9 Å². The van der Waals surface area contributed by atoms with Gasteiger partial charge in [-0.3, -0.25) is 9.59 Å². The number of benzene rings is 2. The first-order chi connectivity index (χ1) is 13.4. The molecule has 2 aromatic rings. The lowest BCUT2D eigenvalue weighted by molar-refractivity contribution is -0.122. The van der Waals surface area contributed by atoms with E-state index < -0.39 is 33.7 Å². The first-order valence-corrected chi connectivity index (χ1v) is 10.4. The molecule has 10 heteroatoms. The molecule has 0 radical (unpaired) electrons. The maximum Gasteiger partial charge on any atom is 0.256 e. The van der Waals surface area contributed by atoms with Crippen LogP contribution in [0.4, 0.5) is 4.39 Å². The third kappa shape index (κ3) is 5.31. The molecule has 7 nitrogen and oxygen atoms in total. The standard InChI is InChI=1S/C19H21ClFN3O4S/c1-11(2)23-29(27,28)14-7-8-16(20)15(10-14)19(26)24(3)17(18(22)25)12-5-4-6-13(21)9-12/h4-11,17,23H,1-3H3,(H2,22,25). The Bertz CT molecular complexity index is 1040. The highest BCUT2D eigenvalue weighted by Gasteiger charge is 2.29. The number of nitrogens with two attached hydrogens (primary N) is 1. The van der Waals surface area contributed by atoms with Gasteiger partial charge in [0, 0.05) is 13.1 Å². The van der Waals surface area contributed by atoms with Gasteiger partial charge in [-0.05, 0) is 49.7 Å². The molecule has 0 saturated carbocycles. The fraction of sp³-hybridized carbons (Fsp3) is 0.263. The maximum absolute atomic E-state index is 13.6. The Hall–Kier alpha value is -2.49. The Kier molecular flexibility index (Phi) is 6.99. The van der Waals surface area contributed by atoms with Gasteiger partial charge >= 0.3 is 0 Å². The second-order valence-corrected chi connectivity index (χ2v) is 8.81. The molecule has 29 heavy (non-hydrogen) atoms. The van der Waals surface area contributed by atoms with Gasteiger partial charge in [0.25, 0.3) is 5.91 Å². The quantitative estimate of drug-likeness (QED) is 0.687. The molecule has 1 unspecified atom stereocenters. The summed E-state index contributed by atoms with van der Waals surface area (Å²) in [6.45, 7) is 3.31. The van der Waals surface area contributed by atoms with Crippen LogP contribution in [0.3, 0.4) is 0 Å². The summed E-state index contributed by atoms with van der Waals surface area (Å²) >= 11 is 6.11. The predicted octanol–water partition coefficient (Wildman–Crippen LogP) is 2.46. The summed E-state index contributed by atoms with van der Waals surface area (Å²) in [5, 5.41) is -0.00666. The summed E-state index contributed by atoms with van der Waals surface area (Å²) in [5.41, 5.74) is 5.47. The van der Waals surface area contributed by atoms with E-state index in [4.69, 9.17) is 17.3 Å². The summed E-state index contributed by atoms with van der Waals surface area (Å²) in [4.78, 5) is 25.8. The lowest BCUT2D eigenvalue weighted by atomic mass is 10.0. The molecular weight excluding hydrogens is 421 g/mol. The SMILES string of the molecule is CC(C)NS(=O)(=O)c1ccc(Cl)c(C(=O)N(C)C(C(N)=O)c2cccc(F)c2)c1. The lowest BCUT2D eigenvalue weighted by Gasteiger charge is -2.26. The molecule has 0 aliphatic carbocycles. The van der Waals surface area contributed by atoms with E-state index >= 15 is 0 Å². The average Bonchev–Trinajstić information content (AvgIpc) is 2.60. The number of sulfonamides is 1. The first kappa shape index (κ1) is 22.8. The van der Waals surface area contributed by atoms with Gasteiger partial charge < -0.3 is 10.6 Å². The number of carbonyl (C=O) groups is 2. The molecule has 156 valence electrons. The number of carbonyl (C=O) groups excluding carboxylic acids is 2. The number of halogens is 2. The fourth-order valence-corrected chi connectivity index (χ4v) is 4.25. The zero-order valence-electron chi connectivity index (χ0n) is 16.0. The van der Waals surface area contributed by atoms with Crippen LogP contribution in [0.5, 0.6) is 0 Å². The zero-order chi connectivity index (χ0) is 21.9. The maximum atomic E-state index is 13.6. The van der Waals surface area contributed by atoms with Crippen molar-refractivity contribution in [1.29, 1.82) is 0 Å². The van der Waals surface area contributed by atoms with Crippen LogP contribution in [-0.4, -0.2) is 38.2 Å². The molecule has 0 fully saturated rings. The van der Waals surface area contributed by atoms with Crippen molar-refractivity contribution in [3.05, 3.63) is 64.4 Å². The summed E-state index contributed by atoms with van der Waals surface area (Å²) in [6.07, 6.45) is 0. The van der Waals surface area contributed by atoms with E-state index in [0.717, 1.165) is 17.0 Å². The summed E-state index contributed by atoms with van der Waals surface area (Å²) in [7, 11) is -2.57. The van der Waals surface area contributed by atoms with Crippen molar-refractivity contribution < 1.29 is 22.4 Å². The van der Waals surface area contributed by atoms with Crippen molar-refractivity contribution >= 4 is 33.4 Å². The van der Waals surface area contributed by atoms with Crippen LogP contribution < -0.4 is 10.5 Å². The lowest BCUT2D eigenvalue weighted by Crippen LogP contribution is -2.39. The smallest absolute Gasteiger partial charge is 0.256 e. The average molecular weight is 442 g/mol. The fourth-order valence-electron chi connectivity index (χ4n) is 2.78. The predicted molar refractivity (Wildman–Crippen MR) is 107 cm³/mol. The first-order valence-electron chi connectivity index (χ1n) is 8.58. The van der Waals surface area contributed by atoms with Gasteiger partial charge in [0.05, 0.1) is 15.5 Å². The van der Waals surface area contributed by atoms with Crippen molar-refractivity contribution in [2.24, 2.45) is 5.73 Å². The van der Waals surface area contributed by atoms with Gasteiger partial charge in [-0.15, -0.1) is 0 Å². The molecule has 0 heterocycles. The third-order valence-electron chi connectivity index (χ3n) is 4.01. The van der Waals surface area contributed by atoms with Crippen LogP contribution in [0.15, 0.2) is 47.4 Å². The Morgan fingerprint density at radius 2 is 1.83 bits per heavy atom. The summed E-state index contributed by atoms with van der Waals surface area (Å²) < 4.78 is 40.8. The van der Waals surface area contributed by atoms with E-state index in [1.165, 1.54) is 37.4 Å². The zero-order valence-corrected chi connectivity index (χ0v) is 17.6. The monoisotopic (exact) mass is 441 g/mol. The van der Waals surface area contributed by atoms with E-state index in [1.807, 2.05) is 0 Å². The van der Waals surface area contributed by atoms with Gasteiger partial charge in [-0.25, -0.2) is 17.5 Å². The normalized spacial score (nSPS) is 12.6. The van der Waals surface area contributed by atoms with Gasteiger partial charge in [0.15, 0.2) is 0 Å². The molecule has 2 amide bonds. The van der Waals surface area contributed by atoms with Crippen molar-refractivity contribution in [1.82, 2.24) is 9.62 Å². The third-order valence-corrected chi connectivity index (χ3v) is 6.00. The molecule has 0 saturated heterocycles. The van der Waals surface area contributed by atoms with Crippen molar-refractivity contribution in [2.75, 3.05) is 7.05 Å². The van der Waals surface area contributed by atoms with Gasteiger partial charge in [-0.2, -0.15) is 0 Å². The molecule has 1 atom stereocenters. The number of primary amides is 1. The van der Waals surface area contributed by atoms with Gasteiger partial charge in [0.1, 0.15) is 11.9 Å². The van der Waals surface area contributed by atoms with E-state index in [9.17, 15) is 22.4 Å². The highest BCUT2D eigenvalue weighted by atomic mass is 35.5. The topological polar surface area (TPSA) is 110 Å². The number of likely N-dealkylation sites (N-methyl/N-ethyl adjacent to an activating group) is 1. The number of rotatable bonds is 7. The number of nitrogens with one attached hydrogen (secondary N) is 1. The minimum absolute atomic E-state index is 0.00666. The van der Waals surface area contributed by atoms with Crippen LogP contribution in [0.25, 0.3) is 0 Å². The van der Waals surface area contributed by atoms with Crippen molar-refractivity contribution in [2.45, 2.75) is 30.8 Å². The molecule has 0 aliphatic rings. The number of hydrogen-bond donors (Lipinski definition) is 2. The van der Waals surface area contributed by atoms with Crippen LogP contribution in [0.1, 0.15) is 35.8 Å². The highest BCUT2D eigenvalue weighted by Crippen LogP contribution is 2.26. The van der Waals surface area contributed by atoms with E-state index in [2.05, 4.69) is 4.72 Å². The van der Waals surface area contributed by atoms with Gasteiger partial charge in [-0.1, -0.05) is 23.7 Å². The number of hydrogen-bond acceptors (Lipinski definition) is 4. The van der Waals surface area contributed by atoms with Crippen LogP contribution in [0.2, 0.25) is 5.02 Å². The second kappa shape index (κ2) is 8.89. The Labute approximate surface area is 173 Å². The summed E-state index contributed by atoms with van der Waals surface area (Å²) in [5.74, 6) is -2.22. The molecule has 0 aliphatic heterocycles. The molecule has 0 aromatic heterocycles. The van der Waals surface area contributed by atoms with E-state index in [-0.39, 0.29) is 27.1 Å². The number of amides is 2. The van der Waals surface area contributed by atoms with Crippen LogP contribution in [-0.2, 0) is 14.8 Å². The van der Waals surface area contributed by atoms with Crippen LogP contribution in [0, 0.1) is 5.82 Å². The minimum Gasteiger partial charge on any atom is -0.368 e. The number of nitrogens with zero attached hydrogens (tertiary/aromatic N) is 1. The molecule has 3 N–H and O–H groups in total. The largest absolute Gasteiger partial charge is 0.368 e. The molecule has 0 spiro atoms. The van der Waals surface area contributed by atoms with Crippen molar-refractivity contribution in [3.63, 3.8) is 0 Å². The minimum atomic E-state index is -3.87. The Morgan fingerprint density at radius 1 is 1.17 bits per heavy atom. The Morgan fingerprint density at radius 3 is 2.38 bits per heavy atom. The van der Waals surface area contributed by atoms with E-state index in [1.54, 1.807) is 13.8 Å². The van der Waals surface area contributed by atoms with Crippen molar-refractivity contribution in [3.8, 4) is 0 Å². The molecule has 2 aromatic carbocycles. The molecular formula is C19H21ClFN3O4S. The Balaban J connectivity index is 2.47. The van der Waals surface area contributed by atoms with E-state index in [0.29, 0.717) is 0 Å². The second-order valence-electron chi connectivity index (χ2n) is 6.69. The summed E-state index contributed by atoms with van der Waals surface area (Å²) in [6, 6.07) is 7.16.